The van der Waals surface area contributed by atoms with Gasteiger partial charge in [-0.2, -0.15) is 0 Å². The molecular weight excluding hydrogens is 248 g/mol. The first kappa shape index (κ1) is 14.3. The number of benzene rings is 2. The van der Waals surface area contributed by atoms with Crippen molar-refractivity contribution in [1.29, 1.82) is 0 Å². The standard InChI is InChI=1S/C17H22N2O/c1-13(12-14-8-10-15(20)11-9-14)18-16-6-4-5-7-17(16)19(2)3/h4-11,13,18,20H,12H2,1-3H3. The lowest BCUT2D eigenvalue weighted by Gasteiger charge is -2.22. The van der Waals surface area contributed by atoms with E-state index in [9.17, 15) is 5.11 Å². The van der Waals surface area contributed by atoms with Gasteiger partial charge in [-0.15, -0.1) is 0 Å². The maximum Gasteiger partial charge on any atom is 0.115 e. The van der Waals surface area contributed by atoms with Gasteiger partial charge < -0.3 is 15.3 Å². The Morgan fingerprint density at radius 3 is 2.35 bits per heavy atom. The number of hydrogen-bond donors (Lipinski definition) is 2. The van der Waals surface area contributed by atoms with Gasteiger partial charge in [0.15, 0.2) is 0 Å². The first-order valence-corrected chi connectivity index (χ1v) is 6.87. The Hall–Kier alpha value is -2.16. The molecule has 106 valence electrons. The van der Waals surface area contributed by atoms with E-state index in [2.05, 4.69) is 29.3 Å². The van der Waals surface area contributed by atoms with Gasteiger partial charge >= 0.3 is 0 Å². The maximum atomic E-state index is 9.30. The predicted molar refractivity (Wildman–Crippen MR) is 85.7 cm³/mol. The highest BCUT2D eigenvalue weighted by molar-refractivity contribution is 5.69. The number of hydrogen-bond acceptors (Lipinski definition) is 3. The Morgan fingerprint density at radius 1 is 1.05 bits per heavy atom. The van der Waals surface area contributed by atoms with Crippen molar-refractivity contribution >= 4 is 11.4 Å². The van der Waals surface area contributed by atoms with Crippen molar-refractivity contribution in [3.05, 3.63) is 54.1 Å². The van der Waals surface area contributed by atoms with Gasteiger partial charge in [-0.05, 0) is 43.2 Å². The summed E-state index contributed by atoms with van der Waals surface area (Å²) in [6, 6.07) is 16.0. The minimum absolute atomic E-state index is 0.312. The zero-order chi connectivity index (χ0) is 14.5. The maximum absolute atomic E-state index is 9.30. The van der Waals surface area contributed by atoms with Gasteiger partial charge in [0.25, 0.3) is 0 Å². The van der Waals surface area contributed by atoms with Crippen LogP contribution in [-0.4, -0.2) is 25.2 Å². The lowest BCUT2D eigenvalue weighted by atomic mass is 10.1. The Labute approximate surface area is 120 Å². The molecule has 0 amide bonds. The Kier molecular flexibility index (Phi) is 4.51. The molecule has 1 atom stereocenters. The van der Waals surface area contributed by atoms with E-state index in [-0.39, 0.29) is 0 Å². The Morgan fingerprint density at radius 2 is 1.70 bits per heavy atom. The van der Waals surface area contributed by atoms with Crippen molar-refractivity contribution in [3.63, 3.8) is 0 Å². The molecule has 0 aromatic heterocycles. The van der Waals surface area contributed by atoms with Crippen LogP contribution in [0.1, 0.15) is 12.5 Å². The minimum Gasteiger partial charge on any atom is -0.508 e. The fraction of sp³-hybridized carbons (Fsp3) is 0.294. The molecule has 2 aromatic carbocycles. The molecule has 2 aromatic rings. The number of nitrogens with one attached hydrogen (secondary N) is 1. The molecule has 1 unspecified atom stereocenters. The second kappa shape index (κ2) is 6.33. The van der Waals surface area contributed by atoms with Crippen LogP contribution in [0.15, 0.2) is 48.5 Å². The smallest absolute Gasteiger partial charge is 0.115 e. The molecule has 0 fully saturated rings. The molecule has 0 radical (unpaired) electrons. The summed E-state index contributed by atoms with van der Waals surface area (Å²) in [5, 5.41) is 12.9. The second-order valence-corrected chi connectivity index (χ2v) is 5.33. The van der Waals surface area contributed by atoms with E-state index in [4.69, 9.17) is 0 Å². The number of aromatic hydroxyl groups is 1. The van der Waals surface area contributed by atoms with Gasteiger partial charge in [0.2, 0.25) is 0 Å². The van der Waals surface area contributed by atoms with Crippen LogP contribution in [-0.2, 0) is 6.42 Å². The quantitative estimate of drug-likeness (QED) is 0.873. The summed E-state index contributed by atoms with van der Waals surface area (Å²) in [5.74, 6) is 0.312. The van der Waals surface area contributed by atoms with Gasteiger partial charge in [-0.1, -0.05) is 24.3 Å². The van der Waals surface area contributed by atoms with Gasteiger partial charge in [-0.3, -0.25) is 0 Å². The van der Waals surface area contributed by atoms with Crippen LogP contribution in [0.5, 0.6) is 5.75 Å². The first-order valence-electron chi connectivity index (χ1n) is 6.87. The summed E-state index contributed by atoms with van der Waals surface area (Å²) in [5.41, 5.74) is 3.54. The van der Waals surface area contributed by atoms with Crippen LogP contribution in [0.25, 0.3) is 0 Å². The number of phenols is 1. The average Bonchev–Trinajstić information content (AvgIpc) is 2.41. The Bertz CT molecular complexity index is 549. The van der Waals surface area contributed by atoms with E-state index < -0.39 is 0 Å². The summed E-state index contributed by atoms with van der Waals surface area (Å²) in [6.45, 7) is 2.17. The largest absolute Gasteiger partial charge is 0.508 e. The van der Waals surface area contributed by atoms with Crippen LogP contribution >= 0.6 is 0 Å². The highest BCUT2D eigenvalue weighted by Gasteiger charge is 2.08. The number of rotatable bonds is 5. The van der Waals surface area contributed by atoms with E-state index in [1.54, 1.807) is 12.1 Å². The second-order valence-electron chi connectivity index (χ2n) is 5.33. The molecule has 3 nitrogen and oxygen atoms in total. The zero-order valence-corrected chi connectivity index (χ0v) is 12.3. The van der Waals surface area contributed by atoms with E-state index >= 15 is 0 Å². The van der Waals surface area contributed by atoms with Crippen molar-refractivity contribution in [2.75, 3.05) is 24.3 Å². The van der Waals surface area contributed by atoms with Crippen LogP contribution in [0.3, 0.4) is 0 Å². The molecule has 0 bridgehead atoms. The summed E-state index contributed by atoms with van der Waals surface area (Å²) in [4.78, 5) is 2.11. The van der Waals surface area contributed by atoms with Crippen LogP contribution in [0, 0.1) is 0 Å². The van der Waals surface area contributed by atoms with Crippen molar-refractivity contribution < 1.29 is 5.11 Å². The predicted octanol–water partition coefficient (Wildman–Crippen LogP) is 3.50. The van der Waals surface area contributed by atoms with Crippen LogP contribution < -0.4 is 10.2 Å². The van der Waals surface area contributed by atoms with E-state index in [0.717, 1.165) is 12.1 Å². The molecule has 0 saturated carbocycles. The topological polar surface area (TPSA) is 35.5 Å². The molecule has 2 N–H and O–H groups in total. The number of nitrogens with zero attached hydrogens (tertiary/aromatic N) is 1. The highest BCUT2D eigenvalue weighted by atomic mass is 16.3. The van der Waals surface area contributed by atoms with E-state index in [1.165, 1.54) is 11.3 Å². The molecular formula is C17H22N2O. The summed E-state index contributed by atoms with van der Waals surface area (Å²) in [7, 11) is 4.09. The fourth-order valence-electron chi connectivity index (χ4n) is 2.29. The molecule has 3 heteroatoms. The van der Waals surface area contributed by atoms with Crippen molar-refractivity contribution in [2.24, 2.45) is 0 Å². The van der Waals surface area contributed by atoms with Gasteiger partial charge in [0.1, 0.15) is 5.75 Å². The molecule has 0 aliphatic carbocycles. The summed E-state index contributed by atoms with van der Waals surface area (Å²) in [6.07, 6.45) is 0.919. The minimum atomic E-state index is 0.312. The van der Waals surface area contributed by atoms with Crippen molar-refractivity contribution in [3.8, 4) is 5.75 Å². The van der Waals surface area contributed by atoms with Gasteiger partial charge in [0, 0.05) is 20.1 Å². The van der Waals surface area contributed by atoms with E-state index in [0.29, 0.717) is 11.8 Å². The molecule has 0 aliphatic rings. The van der Waals surface area contributed by atoms with Gasteiger partial charge in [0.05, 0.1) is 11.4 Å². The molecule has 20 heavy (non-hydrogen) atoms. The summed E-state index contributed by atoms with van der Waals surface area (Å²) < 4.78 is 0. The molecule has 0 heterocycles. The van der Waals surface area contributed by atoms with E-state index in [1.807, 2.05) is 38.4 Å². The Balaban J connectivity index is 2.04. The molecule has 0 saturated heterocycles. The van der Waals surface area contributed by atoms with Crippen molar-refractivity contribution in [2.45, 2.75) is 19.4 Å². The highest BCUT2D eigenvalue weighted by Crippen LogP contribution is 2.24. The fourth-order valence-corrected chi connectivity index (χ4v) is 2.29. The first-order chi connectivity index (χ1) is 9.56. The summed E-state index contributed by atoms with van der Waals surface area (Å²) >= 11 is 0. The molecule has 2 rings (SSSR count). The zero-order valence-electron chi connectivity index (χ0n) is 12.3. The third-order valence-electron chi connectivity index (χ3n) is 3.27. The number of anilines is 2. The van der Waals surface area contributed by atoms with Crippen molar-refractivity contribution in [1.82, 2.24) is 0 Å². The lowest BCUT2D eigenvalue weighted by molar-refractivity contribution is 0.475. The third-order valence-corrected chi connectivity index (χ3v) is 3.27. The normalized spacial score (nSPS) is 11.9. The van der Waals surface area contributed by atoms with Gasteiger partial charge in [-0.25, -0.2) is 0 Å². The van der Waals surface area contributed by atoms with Crippen LogP contribution in [0.4, 0.5) is 11.4 Å². The SMILES string of the molecule is CC(Cc1ccc(O)cc1)Nc1ccccc1N(C)C. The van der Waals surface area contributed by atoms with Crippen LogP contribution in [0.2, 0.25) is 0 Å². The number of phenolic OH excluding ortho intramolecular Hbond substituents is 1. The lowest BCUT2D eigenvalue weighted by Crippen LogP contribution is -2.20. The monoisotopic (exact) mass is 270 g/mol. The molecule has 0 spiro atoms. The number of para-hydroxylation sites is 2. The average molecular weight is 270 g/mol. The third kappa shape index (κ3) is 3.67. The molecule has 0 aliphatic heterocycles.